The molecule has 2 aromatic carbocycles. The summed E-state index contributed by atoms with van der Waals surface area (Å²) in [6, 6.07) is 10.5. The van der Waals surface area contributed by atoms with Gasteiger partial charge in [-0.05, 0) is 48.7 Å². The molecule has 3 aromatic rings. The molecule has 2 heterocycles. The quantitative estimate of drug-likeness (QED) is 0.627. The molecular weight excluding hydrogens is 407 g/mol. The number of anilines is 1. The fourth-order valence-corrected chi connectivity index (χ4v) is 3.82. The van der Waals surface area contributed by atoms with Gasteiger partial charge in [-0.2, -0.15) is 0 Å². The van der Waals surface area contributed by atoms with E-state index in [1.165, 1.54) is 28.9 Å². The van der Waals surface area contributed by atoms with E-state index in [0.717, 1.165) is 13.1 Å². The fourth-order valence-electron chi connectivity index (χ4n) is 3.59. The lowest BCUT2D eigenvalue weighted by Crippen LogP contribution is -2.49. The van der Waals surface area contributed by atoms with Crippen LogP contribution in [0.15, 0.2) is 40.8 Å². The number of amides is 1. The molecular formula is C22H22ClFN4O2. The molecule has 1 fully saturated rings. The Morgan fingerprint density at radius 3 is 2.60 bits per heavy atom. The Kier molecular flexibility index (Phi) is 5.72. The second-order valence-electron chi connectivity index (χ2n) is 7.48. The first-order valence-corrected chi connectivity index (χ1v) is 10.2. The molecule has 8 heteroatoms. The van der Waals surface area contributed by atoms with Crippen molar-refractivity contribution >= 4 is 23.2 Å². The van der Waals surface area contributed by atoms with Gasteiger partial charge in [-0.15, -0.1) is 10.2 Å². The number of carbonyl (C=O) groups excluding carboxylic acids is 1. The van der Waals surface area contributed by atoms with E-state index < -0.39 is 5.82 Å². The summed E-state index contributed by atoms with van der Waals surface area (Å²) in [7, 11) is 0. The van der Waals surface area contributed by atoms with Crippen LogP contribution in [0.25, 0.3) is 0 Å². The van der Waals surface area contributed by atoms with Crippen LogP contribution < -0.4 is 4.90 Å². The van der Waals surface area contributed by atoms with Crippen LogP contribution >= 0.6 is 11.6 Å². The SMILES string of the molecule is Cc1ccc(C)c(N2CCN(C(=O)c3nnc(Cc4ccc(F)cc4Cl)o3)CC2)c1. The first kappa shape index (κ1) is 20.3. The van der Waals surface area contributed by atoms with Gasteiger partial charge in [0, 0.05) is 36.9 Å². The lowest BCUT2D eigenvalue weighted by atomic mass is 10.1. The molecule has 0 aliphatic carbocycles. The highest BCUT2D eigenvalue weighted by Crippen LogP contribution is 2.24. The van der Waals surface area contributed by atoms with E-state index in [9.17, 15) is 9.18 Å². The molecule has 1 saturated heterocycles. The summed E-state index contributed by atoms with van der Waals surface area (Å²) >= 11 is 6.05. The second kappa shape index (κ2) is 8.44. The number of halogens is 2. The molecule has 0 spiro atoms. The van der Waals surface area contributed by atoms with Gasteiger partial charge in [-0.3, -0.25) is 4.79 Å². The molecule has 6 nitrogen and oxygen atoms in total. The Bertz CT molecular complexity index is 1080. The molecule has 1 amide bonds. The first-order chi connectivity index (χ1) is 14.4. The molecule has 156 valence electrons. The van der Waals surface area contributed by atoms with E-state index in [1.807, 2.05) is 0 Å². The van der Waals surface area contributed by atoms with Gasteiger partial charge in [0.05, 0.1) is 6.42 Å². The number of rotatable bonds is 4. The van der Waals surface area contributed by atoms with Crippen LogP contribution in [0, 0.1) is 19.7 Å². The minimum Gasteiger partial charge on any atom is -0.417 e. The molecule has 30 heavy (non-hydrogen) atoms. The fraction of sp³-hybridized carbons (Fsp3) is 0.318. The Balaban J connectivity index is 1.39. The predicted octanol–water partition coefficient (Wildman–Crippen LogP) is 4.03. The van der Waals surface area contributed by atoms with E-state index in [1.54, 1.807) is 11.0 Å². The van der Waals surface area contributed by atoms with Crippen LogP contribution in [0.5, 0.6) is 0 Å². The summed E-state index contributed by atoms with van der Waals surface area (Å²) in [6.07, 6.45) is 0.236. The van der Waals surface area contributed by atoms with Crippen molar-refractivity contribution in [3.8, 4) is 0 Å². The summed E-state index contributed by atoms with van der Waals surface area (Å²) in [4.78, 5) is 16.8. The number of hydrogen-bond donors (Lipinski definition) is 0. The Morgan fingerprint density at radius 2 is 1.87 bits per heavy atom. The van der Waals surface area contributed by atoms with Crippen molar-refractivity contribution in [3.05, 3.63) is 75.7 Å². The molecule has 0 saturated carbocycles. The van der Waals surface area contributed by atoms with Crippen molar-refractivity contribution in [1.29, 1.82) is 0 Å². The zero-order chi connectivity index (χ0) is 21.3. The highest BCUT2D eigenvalue weighted by molar-refractivity contribution is 6.31. The minimum absolute atomic E-state index is 0.0385. The van der Waals surface area contributed by atoms with Crippen molar-refractivity contribution in [2.75, 3.05) is 31.1 Å². The van der Waals surface area contributed by atoms with Crippen molar-refractivity contribution in [2.45, 2.75) is 20.3 Å². The molecule has 0 atom stereocenters. The smallest absolute Gasteiger partial charge is 0.311 e. The number of aromatic nitrogens is 2. The van der Waals surface area contributed by atoms with Gasteiger partial charge in [0.1, 0.15) is 5.82 Å². The third kappa shape index (κ3) is 4.31. The average molecular weight is 429 g/mol. The average Bonchev–Trinajstić information content (AvgIpc) is 3.20. The molecule has 0 unspecified atom stereocenters. The topological polar surface area (TPSA) is 62.5 Å². The molecule has 0 bridgehead atoms. The van der Waals surface area contributed by atoms with E-state index >= 15 is 0 Å². The molecule has 1 aromatic heterocycles. The molecule has 4 rings (SSSR count). The zero-order valence-corrected chi connectivity index (χ0v) is 17.6. The van der Waals surface area contributed by atoms with Crippen molar-refractivity contribution in [2.24, 2.45) is 0 Å². The number of nitrogens with zero attached hydrogens (tertiary/aromatic N) is 4. The van der Waals surface area contributed by atoms with Crippen molar-refractivity contribution in [3.63, 3.8) is 0 Å². The van der Waals surface area contributed by atoms with Crippen LogP contribution in [-0.4, -0.2) is 47.2 Å². The highest BCUT2D eigenvalue weighted by Gasteiger charge is 2.26. The predicted molar refractivity (Wildman–Crippen MR) is 113 cm³/mol. The van der Waals surface area contributed by atoms with E-state index in [4.69, 9.17) is 16.0 Å². The highest BCUT2D eigenvalue weighted by atomic mass is 35.5. The van der Waals surface area contributed by atoms with Crippen molar-refractivity contribution in [1.82, 2.24) is 15.1 Å². The lowest BCUT2D eigenvalue weighted by molar-refractivity contribution is 0.0704. The van der Waals surface area contributed by atoms with Crippen LogP contribution in [0.1, 0.15) is 33.3 Å². The zero-order valence-electron chi connectivity index (χ0n) is 16.9. The normalized spacial score (nSPS) is 14.3. The van der Waals surface area contributed by atoms with Crippen LogP contribution in [0.4, 0.5) is 10.1 Å². The lowest BCUT2D eigenvalue weighted by Gasteiger charge is -2.36. The van der Waals surface area contributed by atoms with Gasteiger partial charge in [-0.25, -0.2) is 4.39 Å². The molecule has 1 aliphatic heterocycles. The van der Waals surface area contributed by atoms with Gasteiger partial charge in [0.2, 0.25) is 5.89 Å². The summed E-state index contributed by atoms with van der Waals surface area (Å²) in [5.74, 6) is -0.464. The Labute approximate surface area is 179 Å². The van der Waals surface area contributed by atoms with Gasteiger partial charge in [0.15, 0.2) is 0 Å². The summed E-state index contributed by atoms with van der Waals surface area (Å²) in [5, 5.41) is 8.13. The van der Waals surface area contributed by atoms with Crippen LogP contribution in [0.3, 0.4) is 0 Å². The maximum Gasteiger partial charge on any atom is 0.311 e. The Hall–Kier alpha value is -2.93. The van der Waals surface area contributed by atoms with E-state index in [2.05, 4.69) is 47.1 Å². The molecule has 0 N–H and O–H groups in total. The van der Waals surface area contributed by atoms with E-state index in [0.29, 0.717) is 18.7 Å². The molecule has 0 radical (unpaired) electrons. The first-order valence-electron chi connectivity index (χ1n) is 9.78. The molecule has 1 aliphatic rings. The third-order valence-electron chi connectivity index (χ3n) is 5.28. The number of aryl methyl sites for hydroxylation is 2. The maximum atomic E-state index is 13.2. The van der Waals surface area contributed by atoms with Gasteiger partial charge < -0.3 is 14.2 Å². The number of benzene rings is 2. The van der Waals surface area contributed by atoms with Crippen LogP contribution in [-0.2, 0) is 6.42 Å². The maximum absolute atomic E-state index is 13.2. The largest absolute Gasteiger partial charge is 0.417 e. The second-order valence-corrected chi connectivity index (χ2v) is 7.89. The standard InChI is InChI=1S/C22H22ClFN4O2/c1-14-3-4-15(2)19(11-14)27-7-9-28(10-8-27)22(29)21-26-25-20(30-21)12-16-5-6-17(24)13-18(16)23/h3-6,11,13H,7-10,12H2,1-2H3. The monoisotopic (exact) mass is 428 g/mol. The Morgan fingerprint density at radius 1 is 1.10 bits per heavy atom. The van der Waals surface area contributed by atoms with Crippen molar-refractivity contribution < 1.29 is 13.6 Å². The number of piperazine rings is 1. The van der Waals surface area contributed by atoms with E-state index in [-0.39, 0.29) is 29.1 Å². The van der Waals surface area contributed by atoms with Gasteiger partial charge >= 0.3 is 11.8 Å². The number of carbonyl (C=O) groups is 1. The minimum atomic E-state index is -0.412. The van der Waals surface area contributed by atoms with Gasteiger partial charge in [-0.1, -0.05) is 29.8 Å². The summed E-state index contributed by atoms with van der Waals surface area (Å²) in [5.41, 5.74) is 4.30. The third-order valence-corrected chi connectivity index (χ3v) is 5.63. The van der Waals surface area contributed by atoms with Crippen LogP contribution in [0.2, 0.25) is 5.02 Å². The summed E-state index contributed by atoms with van der Waals surface area (Å²) < 4.78 is 18.7. The van der Waals surface area contributed by atoms with Gasteiger partial charge in [0.25, 0.3) is 0 Å². The summed E-state index contributed by atoms with van der Waals surface area (Å²) in [6.45, 7) is 6.81. The number of hydrogen-bond acceptors (Lipinski definition) is 5.